The van der Waals surface area contributed by atoms with Crippen molar-refractivity contribution >= 4 is 11.9 Å². The van der Waals surface area contributed by atoms with Gasteiger partial charge in [-0.15, -0.1) is 10.2 Å². The molecule has 0 N–H and O–H groups in total. The summed E-state index contributed by atoms with van der Waals surface area (Å²) in [6, 6.07) is 7.74. The number of hydrogen-bond donors (Lipinski definition) is 0. The summed E-state index contributed by atoms with van der Waals surface area (Å²) in [5.41, 5.74) is 1.45. The number of halogens is 1. The number of fused-ring (bicyclic) bond motifs is 2. The van der Waals surface area contributed by atoms with Crippen molar-refractivity contribution in [1.82, 2.24) is 29.9 Å². The summed E-state index contributed by atoms with van der Waals surface area (Å²) >= 11 is 0. The molecule has 218 valence electrons. The summed E-state index contributed by atoms with van der Waals surface area (Å²) in [4.78, 5) is 21.1. The number of aromatic nitrogens is 5. The van der Waals surface area contributed by atoms with Crippen LogP contribution in [0.3, 0.4) is 0 Å². The molecule has 3 fully saturated rings. The summed E-state index contributed by atoms with van der Waals surface area (Å²) in [5, 5.41) is 13.2. The fraction of sp³-hybridized carbons (Fsp3) is 0.567. The molecule has 2 bridgehead atoms. The lowest BCUT2D eigenvalue weighted by Gasteiger charge is -2.42. The molecule has 6 rings (SSSR count). The lowest BCUT2D eigenvalue weighted by Crippen LogP contribution is -2.53. The third-order valence-electron chi connectivity index (χ3n) is 8.35. The highest BCUT2D eigenvalue weighted by Gasteiger charge is 2.46. The minimum absolute atomic E-state index is 0.104. The van der Waals surface area contributed by atoms with Gasteiger partial charge < -0.3 is 19.3 Å². The molecular formula is C30H38FN7O3. The summed E-state index contributed by atoms with van der Waals surface area (Å²) in [7, 11) is 2.02. The molecule has 3 aliphatic rings. The first-order chi connectivity index (χ1) is 19.7. The van der Waals surface area contributed by atoms with E-state index in [2.05, 4.69) is 25.2 Å². The average Bonchev–Trinajstić information content (AvgIpc) is 3.55. The highest BCUT2D eigenvalue weighted by atomic mass is 19.1. The summed E-state index contributed by atoms with van der Waals surface area (Å²) in [6.07, 6.45) is 9.87. The monoisotopic (exact) mass is 563 g/mol. The van der Waals surface area contributed by atoms with Crippen LogP contribution in [0.2, 0.25) is 0 Å². The number of pyridine rings is 1. The number of amides is 1. The number of nitrogens with zero attached hydrogens (tertiary/aromatic N) is 7. The number of ether oxygens (including phenoxy) is 2. The molecule has 2 unspecified atom stereocenters. The Hall–Kier alpha value is -3.60. The van der Waals surface area contributed by atoms with Crippen molar-refractivity contribution < 1.29 is 18.7 Å². The molecule has 11 heteroatoms. The predicted octanol–water partition coefficient (Wildman–Crippen LogP) is 5.61. The Kier molecular flexibility index (Phi) is 7.39. The van der Waals surface area contributed by atoms with Crippen LogP contribution in [0, 0.1) is 5.95 Å². The van der Waals surface area contributed by atoms with E-state index in [0.29, 0.717) is 29.1 Å². The Morgan fingerprint density at radius 2 is 1.80 bits per heavy atom. The molecule has 0 saturated carbocycles. The van der Waals surface area contributed by atoms with E-state index in [9.17, 15) is 4.79 Å². The normalized spacial score (nSPS) is 24.4. The number of piperidine rings is 1. The largest absolute Gasteiger partial charge is 0.444 e. The number of anilines is 1. The quantitative estimate of drug-likeness (QED) is 0.370. The number of carbonyl (C=O) groups excluding carboxylic acids is 1. The molecule has 0 radical (unpaired) electrons. The zero-order valence-electron chi connectivity index (χ0n) is 24.2. The van der Waals surface area contributed by atoms with Gasteiger partial charge in [-0.05, 0) is 90.0 Å². The summed E-state index contributed by atoms with van der Waals surface area (Å²) in [5.74, 6) is 0.153. The third kappa shape index (κ3) is 5.77. The van der Waals surface area contributed by atoms with Gasteiger partial charge in [-0.3, -0.25) is 0 Å². The van der Waals surface area contributed by atoms with Crippen LogP contribution < -0.4 is 4.90 Å². The van der Waals surface area contributed by atoms with E-state index in [1.807, 2.05) is 51.0 Å². The van der Waals surface area contributed by atoms with Crippen molar-refractivity contribution in [2.24, 2.45) is 0 Å². The Labute approximate surface area is 239 Å². The molecule has 0 aromatic carbocycles. The second-order valence-electron chi connectivity index (χ2n) is 12.4. The van der Waals surface area contributed by atoms with Crippen molar-refractivity contribution in [3.63, 3.8) is 0 Å². The van der Waals surface area contributed by atoms with Crippen molar-refractivity contribution in [1.29, 1.82) is 0 Å². The Bertz CT molecular complexity index is 1370. The first-order valence-corrected chi connectivity index (χ1v) is 14.6. The smallest absolute Gasteiger partial charge is 0.410 e. The molecular weight excluding hydrogens is 525 g/mol. The zero-order valence-corrected chi connectivity index (χ0v) is 24.2. The molecule has 0 spiro atoms. The van der Waals surface area contributed by atoms with Gasteiger partial charge in [0, 0.05) is 49.1 Å². The van der Waals surface area contributed by atoms with E-state index in [4.69, 9.17) is 9.47 Å². The maximum Gasteiger partial charge on any atom is 0.410 e. The van der Waals surface area contributed by atoms with Crippen molar-refractivity contribution in [2.45, 2.75) is 95.7 Å². The number of rotatable bonds is 5. The Balaban J connectivity index is 1.11. The lowest BCUT2D eigenvalue weighted by molar-refractivity contribution is -0.0394. The Morgan fingerprint density at radius 3 is 2.44 bits per heavy atom. The van der Waals surface area contributed by atoms with Crippen LogP contribution in [-0.4, -0.2) is 73.3 Å². The fourth-order valence-corrected chi connectivity index (χ4v) is 6.27. The minimum Gasteiger partial charge on any atom is -0.444 e. The van der Waals surface area contributed by atoms with E-state index in [0.717, 1.165) is 50.8 Å². The van der Waals surface area contributed by atoms with Gasteiger partial charge in [0.1, 0.15) is 17.5 Å². The van der Waals surface area contributed by atoms with Crippen molar-refractivity contribution in [3.05, 3.63) is 42.6 Å². The van der Waals surface area contributed by atoms with Gasteiger partial charge in [-0.2, -0.15) is 9.49 Å². The van der Waals surface area contributed by atoms with Gasteiger partial charge in [0.05, 0.1) is 11.9 Å². The first kappa shape index (κ1) is 27.6. The molecule has 3 saturated heterocycles. The lowest BCUT2D eigenvalue weighted by atomic mass is 9.96. The second-order valence-corrected chi connectivity index (χ2v) is 12.4. The van der Waals surface area contributed by atoms with Gasteiger partial charge in [0.2, 0.25) is 5.95 Å². The molecule has 10 nitrogen and oxygen atoms in total. The minimum atomic E-state index is -0.582. The van der Waals surface area contributed by atoms with Gasteiger partial charge >= 0.3 is 6.09 Å². The topological polar surface area (TPSA) is 98.5 Å². The van der Waals surface area contributed by atoms with Gasteiger partial charge in [-0.25, -0.2) is 14.5 Å². The molecule has 4 atom stereocenters. The highest BCUT2D eigenvalue weighted by Crippen LogP contribution is 2.39. The van der Waals surface area contributed by atoms with Crippen LogP contribution in [0.15, 0.2) is 36.7 Å². The van der Waals surface area contributed by atoms with E-state index in [-0.39, 0.29) is 30.4 Å². The molecule has 6 heterocycles. The Morgan fingerprint density at radius 1 is 1.05 bits per heavy atom. The van der Waals surface area contributed by atoms with E-state index >= 15 is 4.39 Å². The molecule has 41 heavy (non-hydrogen) atoms. The van der Waals surface area contributed by atoms with Crippen LogP contribution in [0.5, 0.6) is 0 Å². The van der Waals surface area contributed by atoms with Crippen LogP contribution in [-0.2, 0) is 9.47 Å². The van der Waals surface area contributed by atoms with Gasteiger partial charge in [0.15, 0.2) is 5.82 Å². The third-order valence-corrected chi connectivity index (χ3v) is 8.35. The van der Waals surface area contributed by atoms with Crippen molar-refractivity contribution in [3.8, 4) is 22.5 Å². The van der Waals surface area contributed by atoms with Crippen LogP contribution in [0.1, 0.15) is 71.9 Å². The van der Waals surface area contributed by atoms with Crippen molar-refractivity contribution in [2.75, 3.05) is 18.6 Å². The SMILES string of the molecule is CN(c1ccc(-c2ccc(-c3cnn(C4CCCCO4)c3)c(F)n2)nn1)C1C[C@H]2CC[C@@H](C1)N2C(=O)OC(C)(C)C. The van der Waals surface area contributed by atoms with Crippen LogP contribution in [0.4, 0.5) is 15.0 Å². The zero-order chi connectivity index (χ0) is 28.7. The molecule has 3 aromatic heterocycles. The number of carbonyl (C=O) groups is 1. The van der Waals surface area contributed by atoms with Gasteiger partial charge in [0.25, 0.3) is 0 Å². The van der Waals surface area contributed by atoms with E-state index in [1.54, 1.807) is 23.0 Å². The molecule has 3 aromatic rings. The fourth-order valence-electron chi connectivity index (χ4n) is 6.27. The van der Waals surface area contributed by atoms with Crippen LogP contribution in [0.25, 0.3) is 22.5 Å². The maximum absolute atomic E-state index is 15.1. The molecule has 3 aliphatic heterocycles. The molecule has 0 aliphatic carbocycles. The summed E-state index contributed by atoms with van der Waals surface area (Å²) < 4.78 is 28.3. The standard InChI is InChI=1S/C30H38FN7O3/c1-30(2,3)41-29(39)38-20-8-9-21(38)16-22(15-20)36(4)26-13-12-25(34-35-26)24-11-10-23(28(31)33-24)19-17-32-37(18-19)27-7-5-6-14-40-27/h10-13,17-18,20-22,27H,5-9,14-16H2,1-4H3/t20-,21+,22?,27?. The maximum atomic E-state index is 15.1. The first-order valence-electron chi connectivity index (χ1n) is 14.6. The highest BCUT2D eigenvalue weighted by molar-refractivity contribution is 5.70. The second kappa shape index (κ2) is 11.0. The van der Waals surface area contributed by atoms with E-state index in [1.165, 1.54) is 0 Å². The molecule has 1 amide bonds. The predicted molar refractivity (Wildman–Crippen MR) is 152 cm³/mol. The average molecular weight is 564 g/mol. The van der Waals surface area contributed by atoms with Crippen LogP contribution >= 0.6 is 0 Å². The van der Waals surface area contributed by atoms with E-state index < -0.39 is 11.5 Å². The van der Waals surface area contributed by atoms with Gasteiger partial charge in [-0.1, -0.05) is 0 Å². The summed E-state index contributed by atoms with van der Waals surface area (Å²) in [6.45, 7) is 6.42. The number of hydrogen-bond acceptors (Lipinski definition) is 8.